The van der Waals surface area contributed by atoms with Gasteiger partial charge in [0.25, 0.3) is 0 Å². The molecular formula is C22H24N2O4. The van der Waals surface area contributed by atoms with Crippen LogP contribution in [0.1, 0.15) is 19.5 Å². The largest absolute Gasteiger partial charge is 0.507 e. The minimum Gasteiger partial charge on any atom is -0.507 e. The Morgan fingerprint density at radius 2 is 1.89 bits per heavy atom. The van der Waals surface area contributed by atoms with Crippen LogP contribution < -0.4 is 14.2 Å². The number of ether oxygens (including phenoxy) is 3. The lowest BCUT2D eigenvalue weighted by atomic mass is 10.1. The van der Waals surface area contributed by atoms with Crippen LogP contribution in [0.4, 0.5) is 0 Å². The SMILES string of the molecule is C=C(C)COc1ccc(-c2n[nH]c(C)c2Oc2ccccc2OCC)c(O)c1. The molecule has 0 amide bonds. The van der Waals surface area contributed by atoms with E-state index in [9.17, 15) is 5.11 Å². The molecule has 0 saturated heterocycles. The van der Waals surface area contributed by atoms with E-state index >= 15 is 0 Å². The van der Waals surface area contributed by atoms with Gasteiger partial charge in [0, 0.05) is 11.6 Å². The lowest BCUT2D eigenvalue weighted by Crippen LogP contribution is -1.97. The molecule has 0 unspecified atom stereocenters. The van der Waals surface area contributed by atoms with Gasteiger partial charge < -0.3 is 19.3 Å². The fourth-order valence-electron chi connectivity index (χ4n) is 2.65. The molecule has 0 aliphatic heterocycles. The number of nitrogens with zero attached hydrogens (tertiary/aromatic N) is 1. The number of hydrogen-bond donors (Lipinski definition) is 2. The minimum absolute atomic E-state index is 0.0497. The van der Waals surface area contributed by atoms with Crippen LogP contribution in [0.15, 0.2) is 54.6 Å². The van der Waals surface area contributed by atoms with Crippen molar-refractivity contribution in [3.63, 3.8) is 0 Å². The molecule has 1 heterocycles. The fourth-order valence-corrected chi connectivity index (χ4v) is 2.65. The summed E-state index contributed by atoms with van der Waals surface area (Å²) >= 11 is 0. The van der Waals surface area contributed by atoms with Crippen molar-refractivity contribution in [3.05, 3.63) is 60.3 Å². The van der Waals surface area contributed by atoms with Gasteiger partial charge in [0.2, 0.25) is 0 Å². The minimum atomic E-state index is 0.0497. The van der Waals surface area contributed by atoms with Crippen LogP contribution in [-0.2, 0) is 0 Å². The van der Waals surface area contributed by atoms with E-state index in [0.717, 1.165) is 11.3 Å². The second-order valence-electron chi connectivity index (χ2n) is 6.43. The smallest absolute Gasteiger partial charge is 0.176 e. The van der Waals surface area contributed by atoms with Gasteiger partial charge in [0.05, 0.1) is 12.3 Å². The number of rotatable bonds is 8. The first-order chi connectivity index (χ1) is 13.5. The Kier molecular flexibility index (Phi) is 5.89. The van der Waals surface area contributed by atoms with Crippen LogP contribution in [0.5, 0.6) is 28.7 Å². The number of benzene rings is 2. The van der Waals surface area contributed by atoms with E-state index in [1.54, 1.807) is 18.2 Å². The standard InChI is InChI=1S/C22H24N2O4/c1-5-26-19-8-6-7-9-20(19)28-22-15(4)23-24-21(22)17-11-10-16(12-18(17)25)27-13-14(2)3/h6-12,25H,2,5,13H2,1,3-4H3,(H,23,24). The molecule has 146 valence electrons. The molecule has 0 fully saturated rings. The monoisotopic (exact) mass is 380 g/mol. The summed E-state index contributed by atoms with van der Waals surface area (Å²) in [4.78, 5) is 0. The number of aromatic nitrogens is 2. The Morgan fingerprint density at radius 1 is 1.14 bits per heavy atom. The summed E-state index contributed by atoms with van der Waals surface area (Å²) in [5.74, 6) is 2.35. The summed E-state index contributed by atoms with van der Waals surface area (Å²) in [6.07, 6.45) is 0. The van der Waals surface area contributed by atoms with E-state index in [1.807, 2.05) is 45.0 Å². The van der Waals surface area contributed by atoms with Gasteiger partial charge >= 0.3 is 0 Å². The predicted octanol–water partition coefficient (Wildman–Crippen LogP) is 5.24. The Morgan fingerprint density at radius 3 is 2.57 bits per heavy atom. The van der Waals surface area contributed by atoms with E-state index in [-0.39, 0.29) is 5.75 Å². The molecule has 6 nitrogen and oxygen atoms in total. The number of para-hydroxylation sites is 2. The van der Waals surface area contributed by atoms with Crippen LogP contribution in [-0.4, -0.2) is 28.5 Å². The molecule has 2 N–H and O–H groups in total. The predicted molar refractivity (Wildman–Crippen MR) is 108 cm³/mol. The molecule has 3 aromatic rings. The maximum Gasteiger partial charge on any atom is 0.176 e. The molecule has 0 bridgehead atoms. The second kappa shape index (κ2) is 8.52. The third-order valence-electron chi connectivity index (χ3n) is 3.96. The number of nitrogens with one attached hydrogen (secondary N) is 1. The number of aromatic amines is 1. The van der Waals surface area contributed by atoms with E-state index in [1.165, 1.54) is 0 Å². The van der Waals surface area contributed by atoms with Gasteiger partial charge in [-0.2, -0.15) is 5.10 Å². The maximum absolute atomic E-state index is 10.5. The van der Waals surface area contributed by atoms with Gasteiger partial charge in [-0.05, 0) is 50.6 Å². The highest BCUT2D eigenvalue weighted by Gasteiger charge is 2.19. The average Bonchev–Trinajstić information content (AvgIpc) is 3.02. The molecule has 0 aliphatic rings. The number of phenolic OH excluding ortho intramolecular Hbond substituents is 1. The summed E-state index contributed by atoms with van der Waals surface area (Å²) in [5.41, 5.74) is 2.68. The summed E-state index contributed by atoms with van der Waals surface area (Å²) < 4.78 is 17.3. The zero-order valence-corrected chi connectivity index (χ0v) is 16.3. The Hall–Kier alpha value is -3.41. The van der Waals surface area contributed by atoms with Gasteiger partial charge in [-0.25, -0.2) is 0 Å². The van der Waals surface area contributed by atoms with Crippen molar-refractivity contribution in [2.75, 3.05) is 13.2 Å². The topological polar surface area (TPSA) is 76.6 Å². The van der Waals surface area contributed by atoms with Gasteiger partial charge in [0.15, 0.2) is 17.2 Å². The van der Waals surface area contributed by atoms with Crippen LogP contribution in [0, 0.1) is 6.92 Å². The Bertz CT molecular complexity index is 978. The first-order valence-electron chi connectivity index (χ1n) is 9.04. The maximum atomic E-state index is 10.5. The number of phenols is 1. The molecule has 0 aliphatic carbocycles. The van der Waals surface area contributed by atoms with Gasteiger partial charge in [0.1, 0.15) is 23.8 Å². The first kappa shape index (κ1) is 19.4. The number of H-pyrrole nitrogens is 1. The lowest BCUT2D eigenvalue weighted by molar-refractivity contribution is 0.321. The molecule has 0 atom stereocenters. The second-order valence-corrected chi connectivity index (χ2v) is 6.43. The molecular weight excluding hydrogens is 356 g/mol. The van der Waals surface area contributed by atoms with Crippen LogP contribution in [0.25, 0.3) is 11.3 Å². The van der Waals surface area contributed by atoms with Gasteiger partial charge in [-0.15, -0.1) is 0 Å². The van der Waals surface area contributed by atoms with Crippen molar-refractivity contribution in [1.82, 2.24) is 10.2 Å². The summed E-state index contributed by atoms with van der Waals surface area (Å²) in [6.45, 7) is 10.4. The first-order valence-corrected chi connectivity index (χ1v) is 9.04. The van der Waals surface area contributed by atoms with Crippen LogP contribution in [0.3, 0.4) is 0 Å². The molecule has 3 rings (SSSR count). The van der Waals surface area contributed by atoms with Crippen molar-refractivity contribution < 1.29 is 19.3 Å². The summed E-state index contributed by atoms with van der Waals surface area (Å²) in [6, 6.07) is 12.5. The van der Waals surface area contributed by atoms with Crippen molar-refractivity contribution in [2.45, 2.75) is 20.8 Å². The highest BCUT2D eigenvalue weighted by atomic mass is 16.5. The van der Waals surface area contributed by atoms with Crippen molar-refractivity contribution in [2.24, 2.45) is 0 Å². The highest BCUT2D eigenvalue weighted by molar-refractivity contribution is 5.74. The third kappa shape index (κ3) is 4.28. The van der Waals surface area contributed by atoms with Crippen molar-refractivity contribution in [3.8, 4) is 40.0 Å². The molecule has 0 radical (unpaired) electrons. The normalized spacial score (nSPS) is 10.5. The molecule has 1 aromatic heterocycles. The van der Waals surface area contributed by atoms with Crippen molar-refractivity contribution >= 4 is 0 Å². The van der Waals surface area contributed by atoms with E-state index in [2.05, 4.69) is 16.8 Å². The van der Waals surface area contributed by atoms with E-state index in [4.69, 9.17) is 14.2 Å². The molecule has 2 aromatic carbocycles. The zero-order chi connectivity index (χ0) is 20.1. The lowest BCUT2D eigenvalue weighted by Gasteiger charge is -2.13. The van der Waals surface area contributed by atoms with Gasteiger partial charge in [-0.1, -0.05) is 18.7 Å². The molecule has 0 saturated carbocycles. The van der Waals surface area contributed by atoms with Crippen LogP contribution in [0.2, 0.25) is 0 Å². The van der Waals surface area contributed by atoms with Crippen LogP contribution >= 0.6 is 0 Å². The average molecular weight is 380 g/mol. The molecule has 28 heavy (non-hydrogen) atoms. The Labute approximate surface area is 164 Å². The summed E-state index contributed by atoms with van der Waals surface area (Å²) in [7, 11) is 0. The number of hydrogen-bond acceptors (Lipinski definition) is 5. The molecule has 6 heteroatoms. The number of aromatic hydroxyl groups is 1. The Balaban J connectivity index is 1.92. The highest BCUT2D eigenvalue weighted by Crippen LogP contribution is 2.41. The number of aryl methyl sites for hydroxylation is 1. The summed E-state index contributed by atoms with van der Waals surface area (Å²) in [5, 5.41) is 17.7. The molecule has 0 spiro atoms. The fraction of sp³-hybridized carbons (Fsp3) is 0.227. The third-order valence-corrected chi connectivity index (χ3v) is 3.96. The van der Waals surface area contributed by atoms with E-state index in [0.29, 0.717) is 47.5 Å². The van der Waals surface area contributed by atoms with Crippen molar-refractivity contribution in [1.29, 1.82) is 0 Å². The van der Waals surface area contributed by atoms with Gasteiger partial charge in [-0.3, -0.25) is 5.10 Å². The quantitative estimate of drug-likeness (QED) is 0.523. The van der Waals surface area contributed by atoms with E-state index < -0.39 is 0 Å². The zero-order valence-electron chi connectivity index (χ0n) is 16.3.